The Morgan fingerprint density at radius 1 is 1.00 bits per heavy atom. The predicted octanol–water partition coefficient (Wildman–Crippen LogP) is 3.81. The Morgan fingerprint density at radius 3 is 2.32 bits per heavy atom. The van der Waals surface area contributed by atoms with Crippen LogP contribution in [0.2, 0.25) is 0 Å². The second kappa shape index (κ2) is 6.64. The van der Waals surface area contributed by atoms with E-state index in [1.165, 1.54) is 12.1 Å². The van der Waals surface area contributed by atoms with Crippen LogP contribution >= 0.6 is 0 Å². The van der Waals surface area contributed by atoms with Gasteiger partial charge in [0.2, 0.25) is 0 Å². The maximum atomic E-state index is 12.6. The maximum Gasteiger partial charge on any atom is 0.261 e. The summed E-state index contributed by atoms with van der Waals surface area (Å²) in [7, 11) is -0.174. The van der Waals surface area contributed by atoms with Crippen molar-refractivity contribution in [2.45, 2.75) is 11.8 Å². The van der Waals surface area contributed by atoms with Crippen molar-refractivity contribution >= 4 is 15.7 Å². The average Bonchev–Trinajstić information content (AvgIpc) is 3.03. The molecule has 0 spiro atoms. The number of hydrogen-bond acceptors (Lipinski definition) is 3. The summed E-state index contributed by atoms with van der Waals surface area (Å²) in [5.41, 5.74) is 3.42. The molecule has 2 aromatic carbocycles. The minimum Gasteiger partial charge on any atom is -0.497 e. The van der Waals surface area contributed by atoms with E-state index in [1.807, 2.05) is 55.2 Å². The van der Waals surface area contributed by atoms with Crippen LogP contribution in [-0.2, 0) is 17.1 Å². The molecular weight excluding hydrogens is 336 g/mol. The molecule has 1 heterocycles. The Morgan fingerprint density at radius 2 is 1.72 bits per heavy atom. The van der Waals surface area contributed by atoms with Crippen LogP contribution in [0.25, 0.3) is 11.1 Å². The van der Waals surface area contributed by atoms with Gasteiger partial charge in [-0.2, -0.15) is 0 Å². The lowest BCUT2D eigenvalue weighted by molar-refractivity contribution is 0.414. The summed E-state index contributed by atoms with van der Waals surface area (Å²) in [6.45, 7) is 1.88. The van der Waals surface area contributed by atoms with Gasteiger partial charge in [-0.25, -0.2) is 8.42 Å². The molecule has 0 radical (unpaired) electrons. The average molecular weight is 356 g/mol. The molecule has 5 nitrogen and oxygen atoms in total. The highest BCUT2D eigenvalue weighted by atomic mass is 32.2. The first-order valence-electron chi connectivity index (χ1n) is 7.79. The molecule has 0 saturated heterocycles. The van der Waals surface area contributed by atoms with Gasteiger partial charge >= 0.3 is 0 Å². The lowest BCUT2D eigenvalue weighted by Crippen LogP contribution is -2.13. The molecule has 0 amide bonds. The minimum atomic E-state index is -3.67. The summed E-state index contributed by atoms with van der Waals surface area (Å²) in [5.74, 6) is 0.612. The van der Waals surface area contributed by atoms with Crippen LogP contribution in [-0.4, -0.2) is 20.1 Å². The van der Waals surface area contributed by atoms with Gasteiger partial charge in [0, 0.05) is 19.4 Å². The molecule has 3 rings (SSSR count). The number of anilines is 1. The number of nitrogens with zero attached hydrogens (tertiary/aromatic N) is 1. The number of ether oxygens (including phenoxy) is 1. The summed E-state index contributed by atoms with van der Waals surface area (Å²) < 4.78 is 35.0. The van der Waals surface area contributed by atoms with E-state index >= 15 is 0 Å². The number of aromatic nitrogens is 1. The Balaban J connectivity index is 1.93. The summed E-state index contributed by atoms with van der Waals surface area (Å²) in [4.78, 5) is 0.192. The van der Waals surface area contributed by atoms with Crippen molar-refractivity contribution in [2.24, 2.45) is 7.05 Å². The van der Waals surface area contributed by atoms with Gasteiger partial charge < -0.3 is 9.30 Å². The van der Waals surface area contributed by atoms with Crippen molar-refractivity contribution in [1.82, 2.24) is 4.57 Å². The molecule has 0 saturated carbocycles. The van der Waals surface area contributed by atoms with Crippen molar-refractivity contribution < 1.29 is 13.2 Å². The quantitative estimate of drug-likeness (QED) is 0.756. The Bertz CT molecular complexity index is 990. The van der Waals surface area contributed by atoms with E-state index in [0.29, 0.717) is 11.4 Å². The van der Waals surface area contributed by atoms with Gasteiger partial charge in [0.05, 0.1) is 17.7 Å². The molecule has 1 N–H and O–H groups in total. The van der Waals surface area contributed by atoms with Crippen LogP contribution in [0.4, 0.5) is 5.69 Å². The third-order valence-electron chi connectivity index (χ3n) is 4.02. The van der Waals surface area contributed by atoms with Crippen LogP contribution in [0.15, 0.2) is 65.8 Å². The van der Waals surface area contributed by atoms with Crippen molar-refractivity contribution in [2.75, 3.05) is 11.8 Å². The molecular formula is C19H20N2O3S. The monoisotopic (exact) mass is 356 g/mol. The second-order valence-electron chi connectivity index (χ2n) is 5.88. The van der Waals surface area contributed by atoms with E-state index in [4.69, 9.17) is 4.74 Å². The summed E-state index contributed by atoms with van der Waals surface area (Å²) in [5, 5.41) is 0. The van der Waals surface area contributed by atoms with Crippen LogP contribution in [0.3, 0.4) is 0 Å². The Labute approximate surface area is 147 Å². The number of sulfonamides is 1. The molecule has 0 atom stereocenters. The highest BCUT2D eigenvalue weighted by molar-refractivity contribution is 7.92. The topological polar surface area (TPSA) is 60.3 Å². The number of methoxy groups -OCH3 is 1. The fourth-order valence-electron chi connectivity index (χ4n) is 2.54. The predicted molar refractivity (Wildman–Crippen MR) is 99.4 cm³/mol. The maximum absolute atomic E-state index is 12.6. The fraction of sp³-hybridized carbons (Fsp3) is 0.158. The molecule has 0 aliphatic rings. The smallest absolute Gasteiger partial charge is 0.261 e. The third kappa shape index (κ3) is 3.69. The van der Waals surface area contributed by atoms with E-state index in [2.05, 4.69) is 4.72 Å². The number of aryl methyl sites for hydroxylation is 2. The minimum absolute atomic E-state index is 0.192. The van der Waals surface area contributed by atoms with Gasteiger partial charge in [-0.05, 0) is 60.0 Å². The van der Waals surface area contributed by atoms with Crippen molar-refractivity contribution in [3.8, 4) is 16.9 Å². The molecule has 0 bridgehead atoms. The zero-order valence-electron chi connectivity index (χ0n) is 14.4. The van der Waals surface area contributed by atoms with E-state index in [9.17, 15) is 8.42 Å². The molecule has 0 aliphatic heterocycles. The Hall–Kier alpha value is -2.73. The molecule has 3 aromatic rings. The van der Waals surface area contributed by atoms with Crippen molar-refractivity contribution in [3.63, 3.8) is 0 Å². The van der Waals surface area contributed by atoms with Gasteiger partial charge in [-0.15, -0.1) is 0 Å². The van der Waals surface area contributed by atoms with Gasteiger partial charge in [0.1, 0.15) is 5.75 Å². The van der Waals surface area contributed by atoms with Gasteiger partial charge in [-0.3, -0.25) is 4.72 Å². The van der Waals surface area contributed by atoms with Crippen molar-refractivity contribution in [3.05, 3.63) is 66.5 Å². The summed E-state index contributed by atoms with van der Waals surface area (Å²) in [6, 6.07) is 14.0. The zero-order valence-corrected chi connectivity index (χ0v) is 15.2. The number of nitrogens with one attached hydrogen (secondary N) is 1. The van der Waals surface area contributed by atoms with Crippen LogP contribution in [0.5, 0.6) is 5.75 Å². The first kappa shape index (κ1) is 17.1. The lowest BCUT2D eigenvalue weighted by atomic mass is 10.1. The molecule has 0 fully saturated rings. The highest BCUT2D eigenvalue weighted by Gasteiger charge is 2.16. The third-order valence-corrected chi connectivity index (χ3v) is 5.40. The van der Waals surface area contributed by atoms with E-state index < -0.39 is 10.0 Å². The van der Waals surface area contributed by atoms with E-state index in [0.717, 1.165) is 16.7 Å². The van der Waals surface area contributed by atoms with E-state index in [-0.39, 0.29) is 4.90 Å². The number of benzene rings is 2. The van der Waals surface area contributed by atoms with Gasteiger partial charge in [0.25, 0.3) is 10.0 Å². The fourth-order valence-corrected chi connectivity index (χ4v) is 3.67. The zero-order chi connectivity index (χ0) is 18.0. The molecule has 130 valence electrons. The standard InChI is InChI=1S/C19H20N2O3S/c1-14-4-5-15(16-10-11-21(2)13-16)12-19(14)20-25(22,23)18-8-6-17(24-3)7-9-18/h4-13,20H,1-3H3. The molecule has 6 heteroatoms. The van der Waals surface area contributed by atoms with Crippen LogP contribution in [0.1, 0.15) is 5.56 Å². The van der Waals surface area contributed by atoms with Crippen LogP contribution in [0, 0.1) is 6.92 Å². The molecule has 25 heavy (non-hydrogen) atoms. The normalized spacial score (nSPS) is 11.3. The lowest BCUT2D eigenvalue weighted by Gasteiger charge is -2.12. The van der Waals surface area contributed by atoms with Crippen LogP contribution < -0.4 is 9.46 Å². The van der Waals surface area contributed by atoms with Gasteiger partial charge in [0.15, 0.2) is 0 Å². The number of rotatable bonds is 5. The molecule has 0 unspecified atom stereocenters. The van der Waals surface area contributed by atoms with Crippen molar-refractivity contribution in [1.29, 1.82) is 0 Å². The summed E-state index contributed by atoms with van der Waals surface area (Å²) in [6.07, 6.45) is 3.95. The molecule has 1 aromatic heterocycles. The Kier molecular flexibility index (Phi) is 4.55. The van der Waals surface area contributed by atoms with Gasteiger partial charge in [-0.1, -0.05) is 12.1 Å². The first-order chi connectivity index (χ1) is 11.9. The summed E-state index contributed by atoms with van der Waals surface area (Å²) >= 11 is 0. The first-order valence-corrected chi connectivity index (χ1v) is 9.27. The largest absolute Gasteiger partial charge is 0.497 e. The molecule has 0 aliphatic carbocycles. The SMILES string of the molecule is COc1ccc(S(=O)(=O)Nc2cc(-c3ccn(C)c3)ccc2C)cc1. The number of hydrogen-bond donors (Lipinski definition) is 1. The highest BCUT2D eigenvalue weighted by Crippen LogP contribution is 2.27. The van der Waals surface area contributed by atoms with E-state index in [1.54, 1.807) is 19.2 Å². The second-order valence-corrected chi connectivity index (χ2v) is 7.56.